The molecule has 1 amide bonds. The third-order valence-corrected chi connectivity index (χ3v) is 4.02. The lowest BCUT2D eigenvalue weighted by Crippen LogP contribution is -2.48. The molecule has 0 saturated carbocycles. The van der Waals surface area contributed by atoms with Crippen molar-refractivity contribution < 1.29 is 28.5 Å². The SMILES string of the molecule is COC(=O)C(Cc1ccc(OC)c(CNC(=O)OC(C)(C)C)c1)[n+]1ccccn1. The topological polar surface area (TPSA) is 90.6 Å². The van der Waals surface area contributed by atoms with Gasteiger partial charge in [0.25, 0.3) is 6.04 Å². The maximum atomic E-state index is 12.3. The fourth-order valence-electron chi connectivity index (χ4n) is 2.75. The summed E-state index contributed by atoms with van der Waals surface area (Å²) in [7, 11) is 2.91. The van der Waals surface area contributed by atoms with Gasteiger partial charge in [0.05, 0.1) is 20.4 Å². The Hall–Kier alpha value is -3.16. The fraction of sp³-hybridized carbons (Fsp3) is 0.429. The van der Waals surface area contributed by atoms with Gasteiger partial charge in [-0.05, 0) is 43.6 Å². The lowest BCUT2D eigenvalue weighted by Gasteiger charge is -2.20. The van der Waals surface area contributed by atoms with Crippen LogP contribution in [0.4, 0.5) is 4.79 Å². The summed E-state index contributed by atoms with van der Waals surface area (Å²) in [5.41, 5.74) is 1.06. The molecule has 156 valence electrons. The van der Waals surface area contributed by atoms with Crippen molar-refractivity contribution in [3.63, 3.8) is 0 Å². The number of carbonyl (C=O) groups excluding carboxylic acids is 2. The van der Waals surface area contributed by atoms with Crippen molar-refractivity contribution >= 4 is 12.1 Å². The summed E-state index contributed by atoms with van der Waals surface area (Å²) >= 11 is 0. The summed E-state index contributed by atoms with van der Waals surface area (Å²) in [6.07, 6.45) is 3.19. The van der Waals surface area contributed by atoms with Crippen LogP contribution in [-0.2, 0) is 27.2 Å². The lowest BCUT2D eigenvalue weighted by molar-refractivity contribution is -0.766. The van der Waals surface area contributed by atoms with Gasteiger partial charge in [-0.3, -0.25) is 0 Å². The number of alkyl carbamates (subject to hydrolysis) is 1. The molecule has 2 aromatic rings. The zero-order valence-electron chi connectivity index (χ0n) is 17.5. The van der Waals surface area contributed by atoms with Crippen LogP contribution in [0.3, 0.4) is 0 Å². The second-order valence-corrected chi connectivity index (χ2v) is 7.42. The minimum absolute atomic E-state index is 0.228. The first-order valence-electron chi connectivity index (χ1n) is 9.26. The van der Waals surface area contributed by atoms with E-state index in [1.165, 1.54) is 7.11 Å². The van der Waals surface area contributed by atoms with Crippen LogP contribution in [0, 0.1) is 0 Å². The predicted octanol–water partition coefficient (Wildman–Crippen LogP) is 2.36. The zero-order chi connectivity index (χ0) is 21.4. The van der Waals surface area contributed by atoms with Gasteiger partial charge >= 0.3 is 12.1 Å². The summed E-state index contributed by atoms with van der Waals surface area (Å²) < 4.78 is 17.2. The lowest BCUT2D eigenvalue weighted by atomic mass is 10.0. The first-order chi connectivity index (χ1) is 13.7. The molecule has 0 aliphatic heterocycles. The monoisotopic (exact) mass is 402 g/mol. The van der Waals surface area contributed by atoms with E-state index < -0.39 is 23.7 Å². The second-order valence-electron chi connectivity index (χ2n) is 7.42. The molecule has 1 aromatic heterocycles. The highest BCUT2D eigenvalue weighted by Gasteiger charge is 2.30. The van der Waals surface area contributed by atoms with E-state index in [1.807, 2.05) is 12.1 Å². The minimum Gasteiger partial charge on any atom is -0.496 e. The van der Waals surface area contributed by atoms with Crippen LogP contribution in [0.5, 0.6) is 5.75 Å². The molecule has 0 spiro atoms. The maximum absolute atomic E-state index is 12.3. The van der Waals surface area contributed by atoms with Crippen LogP contribution in [0.15, 0.2) is 42.7 Å². The Morgan fingerprint density at radius 2 is 1.97 bits per heavy atom. The van der Waals surface area contributed by atoms with Crippen LogP contribution in [0.25, 0.3) is 0 Å². The molecule has 0 aliphatic carbocycles. The van der Waals surface area contributed by atoms with E-state index in [0.717, 1.165) is 11.1 Å². The number of aromatic nitrogens is 2. The van der Waals surface area contributed by atoms with Crippen LogP contribution >= 0.6 is 0 Å². The van der Waals surface area contributed by atoms with E-state index in [9.17, 15) is 9.59 Å². The summed E-state index contributed by atoms with van der Waals surface area (Å²) in [6.45, 7) is 5.63. The largest absolute Gasteiger partial charge is 0.496 e. The van der Waals surface area contributed by atoms with Gasteiger partial charge in [-0.1, -0.05) is 16.8 Å². The normalized spacial score (nSPS) is 12.0. The number of methoxy groups -OCH3 is 2. The molecule has 1 heterocycles. The number of nitrogens with one attached hydrogen (secondary N) is 1. The fourth-order valence-corrected chi connectivity index (χ4v) is 2.75. The van der Waals surface area contributed by atoms with Crippen LogP contribution in [0.1, 0.15) is 37.9 Å². The summed E-state index contributed by atoms with van der Waals surface area (Å²) in [5, 5.41) is 6.94. The van der Waals surface area contributed by atoms with E-state index in [-0.39, 0.29) is 6.54 Å². The summed E-state index contributed by atoms with van der Waals surface area (Å²) in [5.74, 6) is 0.239. The standard InChI is InChI=1S/C21H27N3O5/c1-21(2,3)29-20(26)22-14-16-12-15(8-9-18(16)27-4)13-17(19(25)28-5)24-11-7-6-10-23-24/h6-12,17H,13-14H2,1-5H3/p+1. The molecule has 1 aromatic carbocycles. The van der Waals surface area contributed by atoms with Crippen molar-refractivity contribution in [1.82, 2.24) is 10.4 Å². The smallest absolute Gasteiger partial charge is 0.407 e. The third kappa shape index (κ3) is 6.74. The third-order valence-electron chi connectivity index (χ3n) is 4.02. The van der Waals surface area contributed by atoms with Gasteiger partial charge in [-0.2, -0.15) is 0 Å². The van der Waals surface area contributed by atoms with Gasteiger partial charge in [0.15, 0.2) is 6.20 Å². The number of hydrogen-bond donors (Lipinski definition) is 1. The highest BCUT2D eigenvalue weighted by Crippen LogP contribution is 2.22. The van der Waals surface area contributed by atoms with E-state index in [0.29, 0.717) is 12.2 Å². The van der Waals surface area contributed by atoms with Crippen molar-refractivity contribution in [2.45, 2.75) is 45.4 Å². The first-order valence-corrected chi connectivity index (χ1v) is 9.26. The van der Waals surface area contributed by atoms with E-state index in [1.54, 1.807) is 63.2 Å². The Balaban J connectivity index is 2.19. The molecule has 29 heavy (non-hydrogen) atoms. The molecule has 1 unspecified atom stereocenters. The second kappa shape index (κ2) is 9.86. The number of hydrogen-bond acceptors (Lipinski definition) is 6. The Bertz CT molecular complexity index is 834. The van der Waals surface area contributed by atoms with Gasteiger partial charge in [0.2, 0.25) is 0 Å². The number of benzene rings is 1. The molecule has 1 atom stereocenters. The predicted molar refractivity (Wildman–Crippen MR) is 105 cm³/mol. The van der Waals surface area contributed by atoms with Gasteiger partial charge in [0.1, 0.15) is 11.4 Å². The first kappa shape index (κ1) is 22.1. The number of nitrogens with zero attached hydrogens (tertiary/aromatic N) is 2. The average Bonchev–Trinajstić information content (AvgIpc) is 2.69. The molecule has 0 saturated heterocycles. The molecule has 0 radical (unpaired) electrons. The average molecular weight is 402 g/mol. The van der Waals surface area contributed by atoms with Crippen molar-refractivity contribution in [2.24, 2.45) is 0 Å². The highest BCUT2D eigenvalue weighted by atomic mass is 16.6. The maximum Gasteiger partial charge on any atom is 0.407 e. The van der Waals surface area contributed by atoms with Gasteiger partial charge in [0, 0.05) is 24.6 Å². The van der Waals surface area contributed by atoms with Crippen LogP contribution in [-0.4, -0.2) is 37.0 Å². The highest BCUT2D eigenvalue weighted by molar-refractivity contribution is 5.72. The number of carbonyl (C=O) groups is 2. The minimum atomic E-state index is -0.610. The van der Waals surface area contributed by atoms with Crippen molar-refractivity contribution in [1.29, 1.82) is 0 Å². The molecule has 2 rings (SSSR count). The number of esters is 1. The molecule has 8 nitrogen and oxygen atoms in total. The van der Waals surface area contributed by atoms with E-state index in [2.05, 4.69) is 10.4 Å². The Kier molecular flexibility index (Phi) is 7.52. The molecule has 1 N–H and O–H groups in total. The number of rotatable bonds is 7. The number of amides is 1. The zero-order valence-corrected chi connectivity index (χ0v) is 17.5. The van der Waals surface area contributed by atoms with Crippen LogP contribution in [0.2, 0.25) is 0 Å². The molecule has 0 aliphatic rings. The van der Waals surface area contributed by atoms with Crippen molar-refractivity contribution in [3.05, 3.63) is 53.9 Å². The molecule has 0 fully saturated rings. The molecule has 0 bridgehead atoms. The van der Waals surface area contributed by atoms with Gasteiger partial charge in [-0.15, -0.1) is 0 Å². The van der Waals surface area contributed by atoms with E-state index in [4.69, 9.17) is 14.2 Å². The Morgan fingerprint density at radius 1 is 1.21 bits per heavy atom. The van der Waals surface area contributed by atoms with E-state index >= 15 is 0 Å². The summed E-state index contributed by atoms with van der Waals surface area (Å²) in [4.78, 5) is 24.3. The quantitative estimate of drug-likeness (QED) is 0.565. The summed E-state index contributed by atoms with van der Waals surface area (Å²) in [6, 6.07) is 8.52. The van der Waals surface area contributed by atoms with Gasteiger partial charge in [-0.25, -0.2) is 9.59 Å². The van der Waals surface area contributed by atoms with Crippen molar-refractivity contribution in [2.75, 3.05) is 14.2 Å². The molecular formula is C21H28N3O5+. The van der Waals surface area contributed by atoms with Crippen LogP contribution < -0.4 is 14.7 Å². The molecular weight excluding hydrogens is 374 g/mol. The Labute approximate surface area is 170 Å². The van der Waals surface area contributed by atoms with Gasteiger partial charge < -0.3 is 19.5 Å². The number of ether oxygens (including phenoxy) is 3. The molecule has 8 heteroatoms. The van der Waals surface area contributed by atoms with Crippen molar-refractivity contribution in [3.8, 4) is 5.75 Å². The Morgan fingerprint density at radius 3 is 2.55 bits per heavy atom.